The summed E-state index contributed by atoms with van der Waals surface area (Å²) in [5, 5.41) is 8.91. The molecule has 1 aromatic rings. The van der Waals surface area contributed by atoms with Crippen LogP contribution in [0.25, 0.3) is 0 Å². The van der Waals surface area contributed by atoms with Crippen LogP contribution in [0.1, 0.15) is 17.9 Å². The minimum atomic E-state index is -0.0127. The highest BCUT2D eigenvalue weighted by molar-refractivity contribution is 9.10. The Kier molecular flexibility index (Phi) is 2.24. The molecule has 66 valence electrons. The van der Waals surface area contributed by atoms with Crippen LogP contribution in [0.3, 0.4) is 0 Å². The Morgan fingerprint density at radius 2 is 2.38 bits per heavy atom. The molecule has 0 amide bonds. The van der Waals surface area contributed by atoms with Gasteiger partial charge in [-0.05, 0) is 18.2 Å². The number of fused-ring (bicyclic) bond motifs is 1. The highest BCUT2D eigenvalue weighted by Gasteiger charge is 2.20. The van der Waals surface area contributed by atoms with E-state index in [0.29, 0.717) is 6.61 Å². The van der Waals surface area contributed by atoms with Gasteiger partial charge in [-0.15, -0.1) is 0 Å². The summed E-state index contributed by atoms with van der Waals surface area (Å²) in [7, 11) is 0. The Morgan fingerprint density at radius 1 is 1.54 bits per heavy atom. The number of nitriles is 1. The van der Waals surface area contributed by atoms with Gasteiger partial charge >= 0.3 is 0 Å². The summed E-state index contributed by atoms with van der Waals surface area (Å²) in [6, 6.07) is 8.08. The van der Waals surface area contributed by atoms with E-state index in [1.807, 2.05) is 18.2 Å². The Morgan fingerprint density at radius 3 is 3.15 bits per heavy atom. The van der Waals surface area contributed by atoms with Gasteiger partial charge in [0.15, 0.2) is 0 Å². The molecule has 1 heterocycles. The topological polar surface area (TPSA) is 33.0 Å². The number of nitrogens with zero attached hydrogens (tertiary/aromatic N) is 1. The van der Waals surface area contributed by atoms with Gasteiger partial charge in [-0.3, -0.25) is 0 Å². The Hall–Kier alpha value is -1.01. The van der Waals surface area contributed by atoms with E-state index < -0.39 is 0 Å². The van der Waals surface area contributed by atoms with Gasteiger partial charge in [0, 0.05) is 16.5 Å². The van der Waals surface area contributed by atoms with Crippen molar-refractivity contribution < 1.29 is 4.74 Å². The van der Waals surface area contributed by atoms with E-state index in [9.17, 15) is 0 Å². The minimum absolute atomic E-state index is 0.0127. The summed E-state index contributed by atoms with van der Waals surface area (Å²) in [5.41, 5.74) is 1.00. The van der Waals surface area contributed by atoms with Gasteiger partial charge in [-0.1, -0.05) is 15.9 Å². The lowest BCUT2D eigenvalue weighted by Crippen LogP contribution is -2.12. The van der Waals surface area contributed by atoms with E-state index in [-0.39, 0.29) is 5.92 Å². The highest BCUT2D eigenvalue weighted by Crippen LogP contribution is 2.34. The van der Waals surface area contributed by atoms with Gasteiger partial charge < -0.3 is 4.74 Å². The van der Waals surface area contributed by atoms with Crippen LogP contribution in [-0.2, 0) is 0 Å². The van der Waals surface area contributed by atoms with Crippen molar-refractivity contribution in [2.45, 2.75) is 12.3 Å². The normalized spacial score (nSPS) is 19.8. The molecule has 1 atom stereocenters. The zero-order valence-corrected chi connectivity index (χ0v) is 8.54. The second-order valence-corrected chi connectivity index (χ2v) is 3.92. The maximum atomic E-state index is 8.91. The molecule has 2 rings (SSSR count). The molecule has 0 aliphatic carbocycles. The highest BCUT2D eigenvalue weighted by atomic mass is 79.9. The fourth-order valence-corrected chi connectivity index (χ4v) is 1.88. The molecule has 1 aliphatic rings. The van der Waals surface area contributed by atoms with E-state index in [0.717, 1.165) is 22.2 Å². The summed E-state index contributed by atoms with van der Waals surface area (Å²) in [6.45, 7) is 0.646. The summed E-state index contributed by atoms with van der Waals surface area (Å²) >= 11 is 3.38. The molecule has 0 spiro atoms. The van der Waals surface area contributed by atoms with Crippen molar-refractivity contribution in [1.29, 1.82) is 5.26 Å². The van der Waals surface area contributed by atoms with E-state index in [4.69, 9.17) is 10.00 Å². The fraction of sp³-hybridized carbons (Fsp3) is 0.300. The summed E-state index contributed by atoms with van der Waals surface area (Å²) < 4.78 is 6.44. The van der Waals surface area contributed by atoms with Crippen LogP contribution < -0.4 is 4.74 Å². The second kappa shape index (κ2) is 3.39. The molecule has 1 aromatic carbocycles. The third-order valence-electron chi connectivity index (χ3n) is 2.17. The van der Waals surface area contributed by atoms with Crippen molar-refractivity contribution in [2.24, 2.45) is 0 Å². The van der Waals surface area contributed by atoms with Crippen molar-refractivity contribution >= 4 is 15.9 Å². The van der Waals surface area contributed by atoms with Crippen molar-refractivity contribution in [1.82, 2.24) is 0 Å². The molecule has 0 fully saturated rings. The van der Waals surface area contributed by atoms with Crippen LogP contribution in [0.4, 0.5) is 0 Å². The average Bonchev–Trinajstić information content (AvgIpc) is 2.17. The lowest BCUT2D eigenvalue weighted by atomic mass is 9.95. The van der Waals surface area contributed by atoms with E-state index in [1.54, 1.807) is 0 Å². The molecule has 0 saturated heterocycles. The SMILES string of the molecule is N#C[C@H]1CCOc2ccc(Br)cc21. The third kappa shape index (κ3) is 1.54. The fourth-order valence-electron chi connectivity index (χ4n) is 1.50. The van der Waals surface area contributed by atoms with Gasteiger partial charge in [0.1, 0.15) is 5.75 Å². The minimum Gasteiger partial charge on any atom is -0.493 e. The molecule has 2 nitrogen and oxygen atoms in total. The van der Waals surface area contributed by atoms with E-state index in [1.165, 1.54) is 0 Å². The first-order valence-corrected chi connectivity index (χ1v) is 4.92. The Balaban J connectivity index is 2.49. The predicted molar refractivity (Wildman–Crippen MR) is 52.6 cm³/mol. The summed E-state index contributed by atoms with van der Waals surface area (Å²) in [6.07, 6.45) is 0.792. The van der Waals surface area contributed by atoms with E-state index in [2.05, 4.69) is 22.0 Å². The molecule has 0 saturated carbocycles. The number of benzene rings is 1. The zero-order chi connectivity index (χ0) is 9.26. The van der Waals surface area contributed by atoms with Gasteiger partial charge in [0.05, 0.1) is 18.6 Å². The van der Waals surface area contributed by atoms with Gasteiger partial charge in [-0.2, -0.15) is 5.26 Å². The summed E-state index contributed by atoms with van der Waals surface area (Å²) in [4.78, 5) is 0. The van der Waals surface area contributed by atoms with Crippen LogP contribution in [0.15, 0.2) is 22.7 Å². The Bertz CT molecular complexity index is 370. The molecule has 13 heavy (non-hydrogen) atoms. The first kappa shape index (κ1) is 8.58. The first-order valence-electron chi connectivity index (χ1n) is 4.13. The van der Waals surface area contributed by atoms with Crippen LogP contribution >= 0.6 is 15.9 Å². The van der Waals surface area contributed by atoms with Crippen LogP contribution in [-0.4, -0.2) is 6.61 Å². The van der Waals surface area contributed by atoms with Crippen LogP contribution in [0.2, 0.25) is 0 Å². The number of ether oxygens (including phenoxy) is 1. The van der Waals surface area contributed by atoms with Crippen molar-refractivity contribution in [3.8, 4) is 11.8 Å². The molecular formula is C10H8BrNO. The second-order valence-electron chi connectivity index (χ2n) is 3.00. The monoisotopic (exact) mass is 237 g/mol. The van der Waals surface area contributed by atoms with E-state index >= 15 is 0 Å². The third-order valence-corrected chi connectivity index (χ3v) is 2.66. The molecule has 0 bridgehead atoms. The van der Waals surface area contributed by atoms with Crippen LogP contribution in [0.5, 0.6) is 5.75 Å². The van der Waals surface area contributed by atoms with Gasteiger partial charge in [0.25, 0.3) is 0 Å². The predicted octanol–water partition coefficient (Wildman–Crippen LogP) is 2.84. The largest absolute Gasteiger partial charge is 0.493 e. The molecular weight excluding hydrogens is 230 g/mol. The van der Waals surface area contributed by atoms with Crippen molar-refractivity contribution in [3.63, 3.8) is 0 Å². The molecule has 0 radical (unpaired) electrons. The molecule has 3 heteroatoms. The standard InChI is InChI=1S/C10H8BrNO/c11-8-1-2-10-9(5-8)7(6-12)3-4-13-10/h1-2,5,7H,3-4H2/t7-/m1/s1. The number of halogens is 1. The van der Waals surface area contributed by atoms with Crippen LogP contribution in [0, 0.1) is 11.3 Å². The maximum Gasteiger partial charge on any atom is 0.123 e. The first-order chi connectivity index (χ1) is 6.31. The number of hydrogen-bond donors (Lipinski definition) is 0. The quantitative estimate of drug-likeness (QED) is 0.696. The van der Waals surface area contributed by atoms with Crippen molar-refractivity contribution in [3.05, 3.63) is 28.2 Å². The molecule has 1 aliphatic heterocycles. The van der Waals surface area contributed by atoms with Crippen molar-refractivity contribution in [2.75, 3.05) is 6.61 Å². The summed E-state index contributed by atoms with van der Waals surface area (Å²) in [5.74, 6) is 0.835. The zero-order valence-electron chi connectivity index (χ0n) is 6.96. The number of rotatable bonds is 0. The lowest BCUT2D eigenvalue weighted by Gasteiger charge is -2.21. The molecule has 0 aromatic heterocycles. The lowest BCUT2D eigenvalue weighted by molar-refractivity contribution is 0.280. The molecule has 0 N–H and O–H groups in total. The van der Waals surface area contributed by atoms with Gasteiger partial charge in [-0.25, -0.2) is 0 Å². The average molecular weight is 238 g/mol. The number of hydrogen-bond acceptors (Lipinski definition) is 2. The Labute approximate surface area is 85.3 Å². The maximum absolute atomic E-state index is 8.91. The smallest absolute Gasteiger partial charge is 0.123 e. The van der Waals surface area contributed by atoms with Gasteiger partial charge in [0.2, 0.25) is 0 Å². The molecule has 0 unspecified atom stereocenters.